The smallest absolute Gasteiger partial charge is 0.338 e. The number of benzene rings is 6. The SMILES string of the molecule is COc1cc(C[C@@H](Cc2c(O)cccc2OC)OC(=O)c2cc(OCc3ccccc3)c(OCc3ccccc3)c(OCc3ccccc3)c2)ccc1O. The Kier molecular flexibility index (Phi) is 12.5. The van der Waals surface area contributed by atoms with Crippen molar-refractivity contribution >= 4 is 5.97 Å². The first kappa shape index (κ1) is 37.2. The number of phenolic OH excluding ortho intramolecular Hbond substituents is 2. The summed E-state index contributed by atoms with van der Waals surface area (Å²) in [6.45, 7) is 0.643. The number of esters is 1. The maximum absolute atomic E-state index is 14.3. The lowest BCUT2D eigenvalue weighted by Gasteiger charge is -2.22. The molecule has 0 aliphatic rings. The van der Waals surface area contributed by atoms with Crippen molar-refractivity contribution in [1.29, 1.82) is 0 Å². The summed E-state index contributed by atoms with van der Waals surface area (Å²) in [5.74, 6) is 1.02. The van der Waals surface area contributed by atoms with E-state index in [0.717, 1.165) is 22.3 Å². The zero-order valence-corrected chi connectivity index (χ0v) is 30.1. The third kappa shape index (κ3) is 9.83. The molecule has 0 fully saturated rings. The van der Waals surface area contributed by atoms with Gasteiger partial charge in [-0.25, -0.2) is 4.79 Å². The molecule has 276 valence electrons. The number of carbonyl (C=O) groups is 1. The maximum Gasteiger partial charge on any atom is 0.338 e. The molecule has 1 atom stereocenters. The van der Waals surface area contributed by atoms with E-state index in [-0.39, 0.29) is 55.5 Å². The Bertz CT molecular complexity index is 2050. The first-order chi connectivity index (χ1) is 26.4. The van der Waals surface area contributed by atoms with Crippen molar-refractivity contribution in [2.75, 3.05) is 14.2 Å². The lowest BCUT2D eigenvalue weighted by molar-refractivity contribution is 0.0299. The molecule has 0 aliphatic carbocycles. The van der Waals surface area contributed by atoms with Gasteiger partial charge in [0, 0.05) is 18.4 Å². The Morgan fingerprint density at radius 2 is 1.06 bits per heavy atom. The van der Waals surface area contributed by atoms with Gasteiger partial charge in [0.05, 0.1) is 19.8 Å². The van der Waals surface area contributed by atoms with Crippen molar-refractivity contribution in [2.24, 2.45) is 0 Å². The predicted molar refractivity (Wildman–Crippen MR) is 205 cm³/mol. The molecule has 0 aromatic heterocycles. The minimum absolute atomic E-state index is 0.00630. The van der Waals surface area contributed by atoms with Crippen LogP contribution in [0.15, 0.2) is 140 Å². The van der Waals surface area contributed by atoms with Crippen LogP contribution in [-0.4, -0.2) is 36.5 Å². The second kappa shape index (κ2) is 18.2. The maximum atomic E-state index is 14.3. The van der Waals surface area contributed by atoms with E-state index in [9.17, 15) is 15.0 Å². The number of rotatable bonds is 17. The summed E-state index contributed by atoms with van der Waals surface area (Å²) in [7, 11) is 2.98. The van der Waals surface area contributed by atoms with E-state index < -0.39 is 12.1 Å². The summed E-state index contributed by atoms with van der Waals surface area (Å²) in [5.41, 5.74) is 4.18. The number of hydrogen-bond donors (Lipinski definition) is 2. The molecule has 0 spiro atoms. The first-order valence-electron chi connectivity index (χ1n) is 17.5. The van der Waals surface area contributed by atoms with Gasteiger partial charge >= 0.3 is 5.97 Å². The van der Waals surface area contributed by atoms with Gasteiger partial charge < -0.3 is 38.6 Å². The van der Waals surface area contributed by atoms with Crippen LogP contribution in [-0.2, 0) is 37.4 Å². The minimum Gasteiger partial charge on any atom is -0.508 e. The van der Waals surface area contributed by atoms with Gasteiger partial charge in [0.2, 0.25) is 5.75 Å². The Labute approximate surface area is 314 Å². The van der Waals surface area contributed by atoms with Gasteiger partial charge in [-0.15, -0.1) is 0 Å². The molecule has 54 heavy (non-hydrogen) atoms. The van der Waals surface area contributed by atoms with Crippen molar-refractivity contribution < 1.29 is 43.4 Å². The van der Waals surface area contributed by atoms with Crippen LogP contribution in [0.25, 0.3) is 0 Å². The predicted octanol–water partition coefficient (Wildman–Crippen LogP) is 8.86. The van der Waals surface area contributed by atoms with E-state index in [1.807, 2.05) is 91.0 Å². The Balaban J connectivity index is 1.37. The number of hydrogen-bond acceptors (Lipinski definition) is 9. The van der Waals surface area contributed by atoms with Gasteiger partial charge in [-0.3, -0.25) is 0 Å². The Morgan fingerprint density at radius 3 is 1.59 bits per heavy atom. The van der Waals surface area contributed by atoms with Crippen LogP contribution in [0.4, 0.5) is 0 Å². The third-order valence-electron chi connectivity index (χ3n) is 8.70. The topological polar surface area (TPSA) is 113 Å². The fraction of sp³-hybridized carbons (Fsp3) is 0.178. The van der Waals surface area contributed by atoms with E-state index in [4.69, 9.17) is 28.4 Å². The van der Waals surface area contributed by atoms with Gasteiger partial charge in [-0.1, -0.05) is 103 Å². The summed E-state index contributed by atoms with van der Waals surface area (Å²) in [4.78, 5) is 14.3. The largest absolute Gasteiger partial charge is 0.508 e. The zero-order valence-electron chi connectivity index (χ0n) is 30.1. The highest BCUT2D eigenvalue weighted by Gasteiger charge is 2.25. The van der Waals surface area contributed by atoms with Crippen LogP contribution in [0, 0.1) is 0 Å². The molecule has 0 aliphatic heterocycles. The highest BCUT2D eigenvalue weighted by molar-refractivity contribution is 5.91. The highest BCUT2D eigenvalue weighted by atomic mass is 16.6. The van der Waals surface area contributed by atoms with Gasteiger partial charge in [0.1, 0.15) is 37.4 Å². The van der Waals surface area contributed by atoms with Gasteiger partial charge in [0.25, 0.3) is 0 Å². The molecule has 0 saturated heterocycles. The fourth-order valence-electron chi connectivity index (χ4n) is 5.92. The lowest BCUT2D eigenvalue weighted by Crippen LogP contribution is -2.24. The van der Waals surface area contributed by atoms with E-state index in [1.165, 1.54) is 20.3 Å². The van der Waals surface area contributed by atoms with Gasteiger partial charge in [-0.2, -0.15) is 0 Å². The van der Waals surface area contributed by atoms with Crippen LogP contribution < -0.4 is 23.7 Å². The van der Waals surface area contributed by atoms with E-state index in [0.29, 0.717) is 28.6 Å². The third-order valence-corrected chi connectivity index (χ3v) is 8.70. The number of carbonyl (C=O) groups excluding carboxylic acids is 1. The van der Waals surface area contributed by atoms with E-state index in [2.05, 4.69) is 0 Å². The van der Waals surface area contributed by atoms with Crippen molar-refractivity contribution in [2.45, 2.75) is 38.8 Å². The van der Waals surface area contributed by atoms with Crippen LogP contribution in [0.1, 0.15) is 38.2 Å². The molecule has 6 rings (SSSR count). The summed E-state index contributed by atoms with van der Waals surface area (Å²) in [5, 5.41) is 21.0. The Morgan fingerprint density at radius 1 is 0.519 bits per heavy atom. The quantitative estimate of drug-likeness (QED) is 0.0891. The normalized spacial score (nSPS) is 11.3. The number of ether oxygens (including phenoxy) is 6. The summed E-state index contributed by atoms with van der Waals surface area (Å²) in [6, 6.07) is 42.2. The molecule has 0 bridgehead atoms. The molecule has 9 heteroatoms. The molecule has 9 nitrogen and oxygen atoms in total. The monoisotopic (exact) mass is 726 g/mol. The molecule has 6 aromatic carbocycles. The lowest BCUT2D eigenvalue weighted by atomic mass is 9.99. The average molecular weight is 727 g/mol. The van der Waals surface area contributed by atoms with Crippen LogP contribution in [0.3, 0.4) is 0 Å². The molecule has 0 amide bonds. The van der Waals surface area contributed by atoms with Crippen molar-refractivity contribution in [3.05, 3.63) is 173 Å². The van der Waals surface area contributed by atoms with Crippen molar-refractivity contribution in [3.63, 3.8) is 0 Å². The molecular formula is C45H42O9. The second-order valence-corrected chi connectivity index (χ2v) is 12.5. The summed E-state index contributed by atoms with van der Waals surface area (Å²) >= 11 is 0. The molecule has 0 radical (unpaired) electrons. The van der Waals surface area contributed by atoms with Crippen LogP contribution in [0.5, 0.6) is 40.2 Å². The van der Waals surface area contributed by atoms with E-state index in [1.54, 1.807) is 42.5 Å². The standard InChI is InChI=1S/C45H42O9/c1-49-40-20-12-19-38(46)37(40)27-36(23-34-21-22-39(47)41(24-34)50-2)54-45(48)35-25-42(51-28-31-13-6-3-7-14-31)44(53-30-33-17-10-5-11-18-33)43(26-35)52-29-32-15-8-4-9-16-32/h3-22,24-26,36,46-47H,23,27-30H2,1-2H3/t36-/m0/s1. The molecule has 2 N–H and O–H groups in total. The molecular weight excluding hydrogens is 684 g/mol. The van der Waals surface area contributed by atoms with Crippen LogP contribution >= 0.6 is 0 Å². The highest BCUT2D eigenvalue weighted by Crippen LogP contribution is 2.41. The summed E-state index contributed by atoms with van der Waals surface area (Å²) in [6.07, 6.45) is -0.435. The molecule has 6 aromatic rings. The number of phenols is 2. The number of methoxy groups -OCH3 is 2. The van der Waals surface area contributed by atoms with Gasteiger partial charge in [0.15, 0.2) is 23.0 Å². The summed E-state index contributed by atoms with van der Waals surface area (Å²) < 4.78 is 36.3. The Hall–Kier alpha value is -6.61. The minimum atomic E-state index is -0.787. The zero-order chi connectivity index (χ0) is 37.7. The molecule has 0 saturated carbocycles. The van der Waals surface area contributed by atoms with E-state index >= 15 is 0 Å². The van der Waals surface area contributed by atoms with Crippen molar-refractivity contribution in [1.82, 2.24) is 0 Å². The molecule has 0 unspecified atom stereocenters. The average Bonchev–Trinajstić information content (AvgIpc) is 3.21. The number of aromatic hydroxyl groups is 2. The first-order valence-corrected chi connectivity index (χ1v) is 17.5. The second-order valence-electron chi connectivity index (χ2n) is 12.5. The molecule has 0 heterocycles. The van der Waals surface area contributed by atoms with Crippen molar-refractivity contribution in [3.8, 4) is 40.2 Å². The van der Waals surface area contributed by atoms with Gasteiger partial charge in [-0.05, 0) is 58.7 Å². The fourth-order valence-corrected chi connectivity index (χ4v) is 5.92. The van der Waals surface area contributed by atoms with Crippen LogP contribution in [0.2, 0.25) is 0 Å².